The number of benzene rings is 1. The Morgan fingerprint density at radius 3 is 2.04 bits per heavy atom. The number of ketones is 3. The average molecular weight is 424 g/mol. The van der Waals surface area contributed by atoms with Crippen LogP contribution < -0.4 is 0 Å². The number of hydrogen-bond donors (Lipinski definition) is 0. The van der Waals surface area contributed by atoms with Gasteiger partial charge >= 0.3 is 0 Å². The van der Waals surface area contributed by atoms with Gasteiger partial charge in [-0.3, -0.25) is 14.4 Å². The van der Waals surface area contributed by atoms with Crippen molar-refractivity contribution in [2.24, 2.45) is 10.8 Å². The van der Waals surface area contributed by atoms with E-state index in [4.69, 9.17) is 23.2 Å². The standard InChI is InChI=1S/C20H19Cl2NO3S/c1-9-14(23-17(27-9)10-6-7-11(21)12(22)8-10)13-15(24)19(2,3)18(26)20(4,5)16(13)25/h6-8,13H,1-5H3. The second-order valence-electron chi connectivity index (χ2n) is 7.83. The van der Waals surface area contributed by atoms with Crippen LogP contribution in [-0.2, 0) is 14.4 Å². The number of carbonyl (C=O) groups excluding carboxylic acids is 3. The summed E-state index contributed by atoms with van der Waals surface area (Å²) in [6.07, 6.45) is 0. The number of hydrogen-bond acceptors (Lipinski definition) is 5. The van der Waals surface area contributed by atoms with Crippen molar-refractivity contribution in [2.45, 2.75) is 40.5 Å². The maximum atomic E-state index is 13.0. The highest BCUT2D eigenvalue weighted by Gasteiger charge is 2.59. The Morgan fingerprint density at radius 2 is 1.52 bits per heavy atom. The summed E-state index contributed by atoms with van der Waals surface area (Å²) in [7, 11) is 0. The average Bonchev–Trinajstić information content (AvgIpc) is 2.97. The molecule has 0 spiro atoms. The quantitative estimate of drug-likeness (QED) is 0.615. The summed E-state index contributed by atoms with van der Waals surface area (Å²) in [6, 6.07) is 5.17. The van der Waals surface area contributed by atoms with Crippen molar-refractivity contribution in [3.63, 3.8) is 0 Å². The number of carbonyl (C=O) groups is 3. The van der Waals surface area contributed by atoms with Crippen molar-refractivity contribution in [1.29, 1.82) is 0 Å². The number of nitrogens with zero attached hydrogens (tertiary/aromatic N) is 1. The Kier molecular flexibility index (Phi) is 4.86. The zero-order valence-electron chi connectivity index (χ0n) is 15.6. The van der Waals surface area contributed by atoms with Crippen LogP contribution in [-0.4, -0.2) is 22.3 Å². The highest BCUT2D eigenvalue weighted by Crippen LogP contribution is 2.46. The summed E-state index contributed by atoms with van der Waals surface area (Å²) >= 11 is 13.4. The van der Waals surface area contributed by atoms with Gasteiger partial charge in [0.1, 0.15) is 10.9 Å². The van der Waals surface area contributed by atoms with E-state index in [1.807, 2.05) is 6.92 Å². The second-order valence-corrected chi connectivity index (χ2v) is 9.85. The smallest absolute Gasteiger partial charge is 0.162 e. The SMILES string of the molecule is Cc1sc(-c2ccc(Cl)c(Cl)c2)nc1C1C(=O)C(C)(C)C(=O)C(C)(C)C1=O. The summed E-state index contributed by atoms with van der Waals surface area (Å²) in [5, 5.41) is 1.49. The molecule has 1 aliphatic rings. The first kappa shape index (κ1) is 20.2. The summed E-state index contributed by atoms with van der Waals surface area (Å²) in [5.74, 6) is -2.18. The number of thiazole rings is 1. The molecular formula is C20H19Cl2NO3S. The maximum absolute atomic E-state index is 13.0. The lowest BCUT2D eigenvalue weighted by Gasteiger charge is -2.40. The minimum atomic E-state index is -1.23. The third kappa shape index (κ3) is 3.06. The van der Waals surface area contributed by atoms with Crippen LogP contribution in [0.3, 0.4) is 0 Å². The molecule has 0 aliphatic heterocycles. The molecule has 7 heteroatoms. The fraction of sp³-hybridized carbons (Fsp3) is 0.400. The molecule has 3 rings (SSSR count). The zero-order chi connectivity index (χ0) is 20.3. The number of aromatic nitrogens is 1. The van der Waals surface area contributed by atoms with Crippen LogP contribution in [0.2, 0.25) is 10.0 Å². The van der Waals surface area contributed by atoms with E-state index < -0.39 is 28.3 Å². The molecule has 1 aromatic heterocycles. The molecular weight excluding hydrogens is 405 g/mol. The molecule has 0 N–H and O–H groups in total. The van der Waals surface area contributed by atoms with Gasteiger partial charge in [0.15, 0.2) is 17.3 Å². The Balaban J connectivity index is 2.12. The van der Waals surface area contributed by atoms with Gasteiger partial charge in [-0.25, -0.2) is 4.98 Å². The van der Waals surface area contributed by atoms with Crippen molar-refractivity contribution in [2.75, 3.05) is 0 Å². The molecule has 0 unspecified atom stereocenters. The highest BCUT2D eigenvalue weighted by atomic mass is 35.5. The van der Waals surface area contributed by atoms with Gasteiger partial charge in [0.25, 0.3) is 0 Å². The molecule has 142 valence electrons. The van der Waals surface area contributed by atoms with Crippen LogP contribution in [0.1, 0.15) is 44.2 Å². The fourth-order valence-electron chi connectivity index (χ4n) is 3.52. The Hall–Kier alpha value is -1.56. The van der Waals surface area contributed by atoms with Gasteiger partial charge in [-0.2, -0.15) is 0 Å². The molecule has 27 heavy (non-hydrogen) atoms. The predicted octanol–water partition coefficient (Wildman–Crippen LogP) is 5.28. The molecule has 0 amide bonds. The first-order chi connectivity index (χ1) is 12.4. The van der Waals surface area contributed by atoms with Crippen molar-refractivity contribution in [3.05, 3.63) is 38.8 Å². The minimum absolute atomic E-state index is 0.348. The van der Waals surface area contributed by atoms with Crippen LogP contribution >= 0.6 is 34.5 Å². The van der Waals surface area contributed by atoms with E-state index in [1.165, 1.54) is 11.3 Å². The lowest BCUT2D eigenvalue weighted by atomic mass is 9.58. The molecule has 2 aromatic rings. The zero-order valence-corrected chi connectivity index (χ0v) is 18.0. The van der Waals surface area contributed by atoms with Crippen molar-refractivity contribution in [1.82, 2.24) is 4.98 Å². The van der Waals surface area contributed by atoms with E-state index in [9.17, 15) is 14.4 Å². The van der Waals surface area contributed by atoms with E-state index in [0.717, 1.165) is 10.4 Å². The molecule has 4 nitrogen and oxygen atoms in total. The van der Waals surface area contributed by atoms with Gasteiger partial charge in [0.05, 0.1) is 26.6 Å². The molecule has 1 heterocycles. The molecule has 1 aliphatic carbocycles. The molecule has 0 atom stereocenters. The maximum Gasteiger partial charge on any atom is 0.162 e. The summed E-state index contributed by atoms with van der Waals surface area (Å²) < 4.78 is 0. The van der Waals surface area contributed by atoms with Crippen LogP contribution in [0.25, 0.3) is 10.6 Å². The third-order valence-electron chi connectivity index (χ3n) is 5.16. The summed E-state index contributed by atoms with van der Waals surface area (Å²) in [4.78, 5) is 44.1. The summed E-state index contributed by atoms with van der Waals surface area (Å²) in [5.41, 5.74) is -1.29. The predicted molar refractivity (Wildman–Crippen MR) is 108 cm³/mol. The van der Waals surface area contributed by atoms with Gasteiger partial charge < -0.3 is 0 Å². The topological polar surface area (TPSA) is 64.1 Å². The second kappa shape index (κ2) is 6.50. The van der Waals surface area contributed by atoms with Crippen LogP contribution in [0.4, 0.5) is 0 Å². The molecule has 0 saturated heterocycles. The molecule has 1 aromatic carbocycles. The van der Waals surface area contributed by atoms with Crippen LogP contribution in [0, 0.1) is 17.8 Å². The van der Waals surface area contributed by atoms with Crippen molar-refractivity contribution < 1.29 is 14.4 Å². The lowest BCUT2D eigenvalue weighted by Crippen LogP contribution is -2.56. The van der Waals surface area contributed by atoms with E-state index in [0.29, 0.717) is 20.7 Å². The Morgan fingerprint density at radius 1 is 0.963 bits per heavy atom. The minimum Gasteiger partial charge on any atom is -0.298 e. The van der Waals surface area contributed by atoms with Gasteiger partial charge in [0.2, 0.25) is 0 Å². The number of halogens is 2. The Bertz CT molecular complexity index is 961. The van der Waals surface area contributed by atoms with Gasteiger partial charge in [-0.05, 0) is 46.8 Å². The molecule has 1 fully saturated rings. The van der Waals surface area contributed by atoms with Gasteiger partial charge in [0, 0.05) is 10.4 Å². The number of aryl methyl sites for hydroxylation is 1. The van der Waals surface area contributed by atoms with Gasteiger partial charge in [-0.1, -0.05) is 29.3 Å². The fourth-order valence-corrected chi connectivity index (χ4v) is 4.77. The van der Waals surface area contributed by atoms with Crippen molar-refractivity contribution in [3.8, 4) is 10.6 Å². The molecule has 0 bridgehead atoms. The summed E-state index contributed by atoms with van der Waals surface area (Å²) in [6.45, 7) is 8.16. The van der Waals surface area contributed by atoms with Crippen molar-refractivity contribution >= 4 is 51.9 Å². The van der Waals surface area contributed by atoms with E-state index >= 15 is 0 Å². The normalized spacial score (nSPS) is 19.6. The first-order valence-corrected chi connectivity index (χ1v) is 10.0. The third-order valence-corrected chi connectivity index (χ3v) is 6.94. The Labute approximate surface area is 171 Å². The van der Waals surface area contributed by atoms with E-state index in [-0.39, 0.29) is 5.78 Å². The van der Waals surface area contributed by atoms with Crippen LogP contribution in [0.5, 0.6) is 0 Å². The number of Topliss-reactive ketones (excluding diaryl/α,β-unsaturated/α-hetero) is 3. The number of rotatable bonds is 2. The largest absolute Gasteiger partial charge is 0.298 e. The lowest BCUT2D eigenvalue weighted by molar-refractivity contribution is -0.157. The first-order valence-electron chi connectivity index (χ1n) is 8.45. The van der Waals surface area contributed by atoms with E-state index in [1.54, 1.807) is 45.9 Å². The van der Waals surface area contributed by atoms with Gasteiger partial charge in [-0.15, -0.1) is 11.3 Å². The molecule has 1 saturated carbocycles. The molecule has 0 radical (unpaired) electrons. The van der Waals surface area contributed by atoms with Crippen LogP contribution in [0.15, 0.2) is 18.2 Å². The highest BCUT2D eigenvalue weighted by molar-refractivity contribution is 7.15. The monoisotopic (exact) mass is 423 g/mol. The van der Waals surface area contributed by atoms with E-state index in [2.05, 4.69) is 4.98 Å².